The summed E-state index contributed by atoms with van der Waals surface area (Å²) in [6, 6.07) is 11.9. The van der Waals surface area contributed by atoms with E-state index < -0.39 is 18.0 Å². The Balaban J connectivity index is 0.00000361. The second-order valence-corrected chi connectivity index (χ2v) is 9.34. The molecule has 1 aromatic heterocycles. The van der Waals surface area contributed by atoms with Crippen LogP contribution in [-0.2, 0) is 0 Å². The first-order valence-corrected chi connectivity index (χ1v) is 12.1. The molecule has 1 aliphatic rings. The number of benzene rings is 2. The first kappa shape index (κ1) is 27.8. The lowest BCUT2D eigenvalue weighted by Gasteiger charge is -2.29. The zero-order valence-corrected chi connectivity index (χ0v) is 21.8. The second kappa shape index (κ2) is 12.0. The lowest BCUT2D eigenvalue weighted by molar-refractivity contribution is -0.274. The molecule has 0 atom stereocenters. The summed E-state index contributed by atoms with van der Waals surface area (Å²) in [6.07, 6.45) is -1.43. The van der Waals surface area contributed by atoms with Crippen molar-refractivity contribution < 1.29 is 22.7 Å². The lowest BCUT2D eigenvalue weighted by atomic mass is 9.86. The highest BCUT2D eigenvalue weighted by Crippen LogP contribution is 2.30. The Morgan fingerprint density at radius 3 is 2.53 bits per heavy atom. The quantitative estimate of drug-likeness (QED) is 0.307. The number of carbonyl (C=O) groups excluding carboxylic acids is 1. The van der Waals surface area contributed by atoms with Crippen LogP contribution in [0, 0.1) is 5.92 Å². The SMILES string of the molecule is CNc1nc(NC2CCC(CNC(=O)c3ccc(Br)cc3OC(F)(F)F)CC2)nc2ccccc12.Cl. The van der Waals surface area contributed by atoms with Gasteiger partial charge in [0.1, 0.15) is 11.6 Å². The first-order chi connectivity index (χ1) is 16.7. The maximum absolute atomic E-state index is 12.7. The molecule has 1 amide bonds. The summed E-state index contributed by atoms with van der Waals surface area (Å²) in [7, 11) is 1.82. The molecule has 0 radical (unpaired) electrons. The number of rotatable bonds is 7. The average Bonchev–Trinajstić information content (AvgIpc) is 2.82. The molecule has 0 bridgehead atoms. The highest BCUT2D eigenvalue weighted by atomic mass is 79.9. The summed E-state index contributed by atoms with van der Waals surface area (Å²) in [5.41, 5.74) is 0.697. The van der Waals surface area contributed by atoms with Crippen molar-refractivity contribution in [2.24, 2.45) is 5.92 Å². The molecular weight excluding hydrogens is 563 g/mol. The Kier molecular flexibility index (Phi) is 9.24. The Hall–Kier alpha value is -2.79. The number of para-hydroxylation sites is 1. The number of carbonyl (C=O) groups is 1. The van der Waals surface area contributed by atoms with Gasteiger partial charge in [0.25, 0.3) is 5.91 Å². The number of nitrogens with zero attached hydrogens (tertiary/aromatic N) is 2. The maximum atomic E-state index is 12.7. The standard InChI is InChI=1S/C24H25BrF3N5O2.ClH/c1-29-21-17-4-2-3-5-19(17)32-23(33-21)31-16-9-6-14(7-10-16)13-30-22(34)18-11-8-15(25)12-20(18)35-24(26,27)28;/h2-5,8,11-12,14,16H,6-7,9-10,13H2,1H3,(H,30,34)(H2,29,31,32,33);1H. The van der Waals surface area contributed by atoms with Crippen molar-refractivity contribution in [1.29, 1.82) is 0 Å². The van der Waals surface area contributed by atoms with Crippen molar-refractivity contribution in [2.45, 2.75) is 38.1 Å². The van der Waals surface area contributed by atoms with E-state index in [4.69, 9.17) is 0 Å². The van der Waals surface area contributed by atoms with Crippen LogP contribution in [0.4, 0.5) is 24.9 Å². The van der Waals surface area contributed by atoms with Gasteiger partial charge in [-0.2, -0.15) is 4.98 Å². The fraction of sp³-hybridized carbons (Fsp3) is 0.375. The number of amides is 1. The number of ether oxygens (including phenoxy) is 1. The molecule has 194 valence electrons. The van der Waals surface area contributed by atoms with Gasteiger partial charge in [0.2, 0.25) is 5.95 Å². The summed E-state index contributed by atoms with van der Waals surface area (Å²) >= 11 is 3.11. The van der Waals surface area contributed by atoms with Gasteiger partial charge < -0.3 is 20.7 Å². The number of hydrogen-bond donors (Lipinski definition) is 3. The van der Waals surface area contributed by atoms with Gasteiger partial charge in [-0.3, -0.25) is 4.79 Å². The van der Waals surface area contributed by atoms with Crippen molar-refractivity contribution in [1.82, 2.24) is 15.3 Å². The normalized spacial score (nSPS) is 17.7. The predicted molar refractivity (Wildman–Crippen MR) is 139 cm³/mol. The summed E-state index contributed by atoms with van der Waals surface area (Å²) in [6.45, 7) is 0.378. The van der Waals surface area contributed by atoms with Crippen molar-refractivity contribution in [3.63, 3.8) is 0 Å². The highest BCUT2D eigenvalue weighted by Gasteiger charge is 2.33. The molecule has 1 saturated carbocycles. The van der Waals surface area contributed by atoms with Crippen LogP contribution in [0.5, 0.6) is 5.75 Å². The van der Waals surface area contributed by atoms with Crippen molar-refractivity contribution >= 4 is 56.9 Å². The molecule has 2 aromatic carbocycles. The number of anilines is 2. The van der Waals surface area contributed by atoms with Crippen LogP contribution in [-0.4, -0.2) is 41.9 Å². The summed E-state index contributed by atoms with van der Waals surface area (Å²) in [5, 5.41) is 10.2. The van der Waals surface area contributed by atoms with Gasteiger partial charge in [-0.25, -0.2) is 4.98 Å². The van der Waals surface area contributed by atoms with E-state index >= 15 is 0 Å². The number of aromatic nitrogens is 2. The van der Waals surface area contributed by atoms with E-state index in [1.54, 1.807) is 0 Å². The third-order valence-corrected chi connectivity index (χ3v) is 6.48. The summed E-state index contributed by atoms with van der Waals surface area (Å²) in [5.74, 6) is 0.424. The minimum absolute atomic E-state index is 0. The van der Waals surface area contributed by atoms with Crippen molar-refractivity contribution in [2.75, 3.05) is 24.2 Å². The molecule has 1 aliphatic carbocycles. The molecule has 4 rings (SSSR count). The van der Waals surface area contributed by atoms with Gasteiger partial charge in [-0.15, -0.1) is 25.6 Å². The zero-order chi connectivity index (χ0) is 25.0. The van der Waals surface area contributed by atoms with Gasteiger partial charge >= 0.3 is 6.36 Å². The van der Waals surface area contributed by atoms with Crippen LogP contribution in [0.3, 0.4) is 0 Å². The molecule has 3 N–H and O–H groups in total. The average molecular weight is 589 g/mol. The van der Waals surface area contributed by atoms with Crippen LogP contribution in [0.15, 0.2) is 46.9 Å². The largest absolute Gasteiger partial charge is 0.573 e. The van der Waals surface area contributed by atoms with Crippen LogP contribution in [0.25, 0.3) is 10.9 Å². The molecule has 1 heterocycles. The van der Waals surface area contributed by atoms with Crippen LogP contribution in [0.2, 0.25) is 0 Å². The Labute approximate surface area is 221 Å². The second-order valence-electron chi connectivity index (χ2n) is 8.42. The Morgan fingerprint density at radius 1 is 1.11 bits per heavy atom. The van der Waals surface area contributed by atoms with Gasteiger partial charge in [0, 0.05) is 29.5 Å². The monoisotopic (exact) mass is 587 g/mol. The smallest absolute Gasteiger partial charge is 0.405 e. The van der Waals surface area contributed by atoms with E-state index in [0.717, 1.165) is 48.5 Å². The van der Waals surface area contributed by atoms with E-state index in [2.05, 4.69) is 46.6 Å². The van der Waals surface area contributed by atoms with Gasteiger partial charge in [-0.1, -0.05) is 28.1 Å². The van der Waals surface area contributed by atoms with E-state index in [-0.39, 0.29) is 29.9 Å². The highest BCUT2D eigenvalue weighted by molar-refractivity contribution is 9.10. The number of hydrogen-bond acceptors (Lipinski definition) is 6. The van der Waals surface area contributed by atoms with Crippen LogP contribution < -0.4 is 20.7 Å². The van der Waals surface area contributed by atoms with E-state index in [1.807, 2.05) is 31.3 Å². The molecule has 7 nitrogen and oxygen atoms in total. The molecule has 0 aliphatic heterocycles. The third-order valence-electron chi connectivity index (χ3n) is 5.99. The minimum Gasteiger partial charge on any atom is -0.405 e. The predicted octanol–water partition coefficient (Wildman–Crippen LogP) is 6.16. The third kappa shape index (κ3) is 7.13. The van der Waals surface area contributed by atoms with Gasteiger partial charge in [-0.05, 0) is 61.9 Å². The first-order valence-electron chi connectivity index (χ1n) is 11.3. The lowest BCUT2D eigenvalue weighted by Crippen LogP contribution is -2.34. The van der Waals surface area contributed by atoms with Gasteiger partial charge in [0.05, 0.1) is 11.1 Å². The van der Waals surface area contributed by atoms with E-state index in [0.29, 0.717) is 17.0 Å². The fourth-order valence-corrected chi connectivity index (χ4v) is 4.59. The summed E-state index contributed by atoms with van der Waals surface area (Å²) < 4.78 is 42.6. The summed E-state index contributed by atoms with van der Waals surface area (Å²) in [4.78, 5) is 21.8. The topological polar surface area (TPSA) is 88.2 Å². The Morgan fingerprint density at radius 2 is 1.83 bits per heavy atom. The molecular formula is C24H26BrClF3N5O2. The number of fused-ring (bicyclic) bond motifs is 1. The maximum Gasteiger partial charge on any atom is 0.573 e. The number of nitrogens with one attached hydrogen (secondary N) is 3. The molecule has 1 fully saturated rings. The number of alkyl halides is 3. The Bertz CT molecular complexity index is 1210. The van der Waals surface area contributed by atoms with Crippen molar-refractivity contribution in [3.8, 4) is 5.75 Å². The molecule has 36 heavy (non-hydrogen) atoms. The van der Waals surface area contributed by atoms with Crippen molar-refractivity contribution in [3.05, 3.63) is 52.5 Å². The van der Waals surface area contributed by atoms with Crippen LogP contribution in [0.1, 0.15) is 36.0 Å². The molecule has 0 saturated heterocycles. The van der Waals surface area contributed by atoms with Gasteiger partial charge in [0.15, 0.2) is 0 Å². The molecule has 12 heteroatoms. The zero-order valence-electron chi connectivity index (χ0n) is 19.4. The number of halogens is 5. The van der Waals surface area contributed by atoms with E-state index in [9.17, 15) is 18.0 Å². The van der Waals surface area contributed by atoms with Crippen LogP contribution >= 0.6 is 28.3 Å². The fourth-order valence-electron chi connectivity index (χ4n) is 4.25. The molecule has 0 unspecified atom stereocenters. The molecule has 0 spiro atoms. The molecule has 3 aromatic rings. The van der Waals surface area contributed by atoms with E-state index in [1.165, 1.54) is 12.1 Å². The minimum atomic E-state index is -4.89.